The summed E-state index contributed by atoms with van der Waals surface area (Å²) in [6, 6.07) is 0. The van der Waals surface area contributed by atoms with E-state index in [1.165, 1.54) is 12.8 Å². The summed E-state index contributed by atoms with van der Waals surface area (Å²) in [5.74, 6) is 6.70. The quantitative estimate of drug-likeness (QED) is 0.474. The van der Waals surface area contributed by atoms with Crippen LogP contribution in [0.25, 0.3) is 0 Å². The smallest absolute Gasteiger partial charge is 0.0576 e. The second-order valence-electron chi connectivity index (χ2n) is 3.48. The van der Waals surface area contributed by atoms with Gasteiger partial charge in [0, 0.05) is 13.2 Å². The first-order valence-electron chi connectivity index (χ1n) is 5.11. The van der Waals surface area contributed by atoms with Gasteiger partial charge in [0.1, 0.15) is 0 Å². The lowest BCUT2D eigenvalue weighted by atomic mass is 10.4. The van der Waals surface area contributed by atoms with Crippen LogP contribution in [0.5, 0.6) is 0 Å². The van der Waals surface area contributed by atoms with Gasteiger partial charge in [-0.2, -0.15) is 0 Å². The largest absolute Gasteiger partial charge is 0.381 e. The first-order chi connectivity index (χ1) is 6.43. The van der Waals surface area contributed by atoms with Gasteiger partial charge in [0.05, 0.1) is 6.54 Å². The summed E-state index contributed by atoms with van der Waals surface area (Å²) in [6.45, 7) is 5.55. The number of hydrogen-bond donors (Lipinski definition) is 1. The van der Waals surface area contributed by atoms with Gasteiger partial charge in [-0.1, -0.05) is 5.92 Å². The molecule has 1 aliphatic carbocycles. The Kier molecular flexibility index (Phi) is 5.64. The van der Waals surface area contributed by atoms with Gasteiger partial charge in [0.25, 0.3) is 0 Å². The molecule has 13 heavy (non-hydrogen) atoms. The van der Waals surface area contributed by atoms with Gasteiger partial charge in [0.15, 0.2) is 0 Å². The molecule has 1 N–H and O–H groups in total. The molecular weight excluding hydrogens is 162 g/mol. The highest BCUT2D eigenvalue weighted by Crippen LogP contribution is 2.28. The van der Waals surface area contributed by atoms with E-state index >= 15 is 0 Å². The minimum atomic E-state index is 0.805. The highest BCUT2D eigenvalue weighted by Gasteiger charge is 2.20. The van der Waals surface area contributed by atoms with Crippen LogP contribution in [0, 0.1) is 17.8 Å². The highest BCUT2D eigenvalue weighted by molar-refractivity contribution is 4.96. The van der Waals surface area contributed by atoms with Gasteiger partial charge in [-0.3, -0.25) is 0 Å². The lowest BCUT2D eigenvalue weighted by molar-refractivity contribution is 0.122. The van der Waals surface area contributed by atoms with Gasteiger partial charge in [-0.15, -0.1) is 5.92 Å². The van der Waals surface area contributed by atoms with Gasteiger partial charge < -0.3 is 10.1 Å². The fraction of sp³-hybridized carbons (Fsp3) is 0.818. The molecule has 74 valence electrons. The molecule has 0 saturated heterocycles. The van der Waals surface area contributed by atoms with Crippen molar-refractivity contribution in [2.24, 2.45) is 5.92 Å². The van der Waals surface area contributed by atoms with E-state index in [-0.39, 0.29) is 0 Å². The molecule has 0 aromatic rings. The first-order valence-corrected chi connectivity index (χ1v) is 5.11. The second kappa shape index (κ2) is 6.94. The minimum absolute atomic E-state index is 0.805. The predicted molar refractivity (Wildman–Crippen MR) is 54.5 cm³/mol. The Morgan fingerprint density at radius 2 is 2.31 bits per heavy atom. The number of hydrogen-bond acceptors (Lipinski definition) is 2. The van der Waals surface area contributed by atoms with Crippen molar-refractivity contribution in [3.63, 3.8) is 0 Å². The Hall–Kier alpha value is -0.520. The van der Waals surface area contributed by atoms with Crippen LogP contribution < -0.4 is 5.32 Å². The van der Waals surface area contributed by atoms with Crippen molar-refractivity contribution in [3.8, 4) is 11.8 Å². The number of nitrogens with one attached hydrogen (secondary N) is 1. The summed E-state index contributed by atoms with van der Waals surface area (Å²) in [5.41, 5.74) is 0. The molecule has 0 bridgehead atoms. The molecule has 0 heterocycles. The maximum atomic E-state index is 5.49. The predicted octanol–water partition coefficient (Wildman–Crippen LogP) is 1.42. The third-order valence-electron chi connectivity index (χ3n) is 2.08. The first kappa shape index (κ1) is 10.6. The van der Waals surface area contributed by atoms with E-state index in [1.807, 2.05) is 6.92 Å². The second-order valence-corrected chi connectivity index (χ2v) is 3.48. The zero-order valence-corrected chi connectivity index (χ0v) is 8.44. The van der Waals surface area contributed by atoms with Gasteiger partial charge in [-0.05, 0) is 38.6 Å². The van der Waals surface area contributed by atoms with Crippen LogP contribution in [-0.4, -0.2) is 26.3 Å². The SMILES string of the molecule is CC#CCNCCCOCC1CC1. The molecule has 1 saturated carbocycles. The molecule has 0 amide bonds. The Morgan fingerprint density at radius 1 is 1.46 bits per heavy atom. The summed E-state index contributed by atoms with van der Waals surface area (Å²) < 4.78 is 5.49. The highest BCUT2D eigenvalue weighted by atomic mass is 16.5. The Balaban J connectivity index is 1.69. The topological polar surface area (TPSA) is 21.3 Å². The third kappa shape index (κ3) is 6.62. The lowest BCUT2D eigenvalue weighted by Gasteiger charge is -2.02. The van der Waals surface area contributed by atoms with Crippen LogP contribution in [0.4, 0.5) is 0 Å². The standard InChI is InChI=1S/C11H19NO/c1-2-3-7-12-8-4-9-13-10-11-5-6-11/h11-12H,4-10H2,1H3. The normalized spacial score (nSPS) is 15.2. The number of rotatable bonds is 7. The van der Waals surface area contributed by atoms with Crippen molar-refractivity contribution >= 4 is 0 Å². The Bertz CT molecular complexity index is 176. The molecule has 0 spiro atoms. The molecule has 0 aromatic heterocycles. The molecule has 0 radical (unpaired) electrons. The fourth-order valence-electron chi connectivity index (χ4n) is 1.07. The van der Waals surface area contributed by atoms with Crippen LogP contribution in [-0.2, 0) is 4.74 Å². The van der Waals surface area contributed by atoms with Crippen molar-refractivity contribution in [1.82, 2.24) is 5.32 Å². The van der Waals surface area contributed by atoms with Crippen molar-refractivity contribution < 1.29 is 4.74 Å². The average molecular weight is 181 g/mol. The fourth-order valence-corrected chi connectivity index (χ4v) is 1.07. The zero-order chi connectivity index (χ0) is 9.36. The van der Waals surface area contributed by atoms with Gasteiger partial charge >= 0.3 is 0 Å². The van der Waals surface area contributed by atoms with E-state index in [9.17, 15) is 0 Å². The van der Waals surface area contributed by atoms with Gasteiger partial charge in [-0.25, -0.2) is 0 Å². The average Bonchev–Trinajstić information content (AvgIpc) is 2.93. The van der Waals surface area contributed by atoms with Crippen LogP contribution in [0.15, 0.2) is 0 Å². The van der Waals surface area contributed by atoms with Crippen LogP contribution >= 0.6 is 0 Å². The molecule has 0 aromatic carbocycles. The lowest BCUT2D eigenvalue weighted by Crippen LogP contribution is -2.17. The minimum Gasteiger partial charge on any atom is -0.381 e. The molecule has 0 atom stereocenters. The van der Waals surface area contributed by atoms with Crippen LogP contribution in [0.2, 0.25) is 0 Å². The maximum Gasteiger partial charge on any atom is 0.0576 e. The maximum absolute atomic E-state index is 5.49. The van der Waals surface area contributed by atoms with E-state index in [0.29, 0.717) is 0 Å². The van der Waals surface area contributed by atoms with Gasteiger partial charge in [0.2, 0.25) is 0 Å². The third-order valence-corrected chi connectivity index (χ3v) is 2.08. The summed E-state index contributed by atoms with van der Waals surface area (Å²) >= 11 is 0. The van der Waals surface area contributed by atoms with E-state index in [0.717, 1.165) is 38.6 Å². The molecule has 0 aliphatic heterocycles. The summed E-state index contributed by atoms with van der Waals surface area (Å²) in [6.07, 6.45) is 3.85. The molecule has 1 rings (SSSR count). The molecular formula is C11H19NO. The summed E-state index contributed by atoms with van der Waals surface area (Å²) in [7, 11) is 0. The summed E-state index contributed by atoms with van der Waals surface area (Å²) in [4.78, 5) is 0. The van der Waals surface area contributed by atoms with Crippen LogP contribution in [0.1, 0.15) is 26.2 Å². The molecule has 1 aliphatic rings. The van der Waals surface area contributed by atoms with Crippen molar-refractivity contribution in [3.05, 3.63) is 0 Å². The van der Waals surface area contributed by atoms with Crippen molar-refractivity contribution in [1.29, 1.82) is 0 Å². The molecule has 0 unspecified atom stereocenters. The van der Waals surface area contributed by atoms with Crippen molar-refractivity contribution in [2.75, 3.05) is 26.3 Å². The molecule has 1 fully saturated rings. The van der Waals surface area contributed by atoms with E-state index < -0.39 is 0 Å². The number of ether oxygens (including phenoxy) is 1. The monoisotopic (exact) mass is 181 g/mol. The summed E-state index contributed by atoms with van der Waals surface area (Å²) in [5, 5.41) is 3.24. The van der Waals surface area contributed by atoms with Crippen molar-refractivity contribution in [2.45, 2.75) is 26.2 Å². The Labute approximate surface area is 81.0 Å². The Morgan fingerprint density at radius 3 is 3.00 bits per heavy atom. The molecule has 2 heteroatoms. The van der Waals surface area contributed by atoms with E-state index in [4.69, 9.17) is 4.74 Å². The van der Waals surface area contributed by atoms with Crippen LogP contribution in [0.3, 0.4) is 0 Å². The zero-order valence-electron chi connectivity index (χ0n) is 8.44. The van der Waals surface area contributed by atoms with E-state index in [2.05, 4.69) is 17.2 Å². The van der Waals surface area contributed by atoms with E-state index in [1.54, 1.807) is 0 Å². The molecule has 2 nitrogen and oxygen atoms in total.